The lowest BCUT2D eigenvalue weighted by molar-refractivity contribution is -0.112. The fraction of sp³-hybridized carbons (Fsp3) is 0.200. The number of carbonyl (C=O) groups is 1. The molecule has 0 bridgehead atoms. The van der Waals surface area contributed by atoms with E-state index in [-0.39, 0.29) is 5.57 Å². The van der Waals surface area contributed by atoms with Gasteiger partial charge in [0.1, 0.15) is 11.6 Å². The van der Waals surface area contributed by atoms with Crippen molar-refractivity contribution < 1.29 is 9.53 Å². The van der Waals surface area contributed by atoms with Gasteiger partial charge in [0.25, 0.3) is 5.91 Å². The van der Waals surface area contributed by atoms with Crippen LogP contribution in [0.5, 0.6) is 0 Å². The van der Waals surface area contributed by atoms with E-state index in [0.717, 1.165) is 42.0 Å². The zero-order valence-electron chi connectivity index (χ0n) is 14.1. The molecule has 26 heavy (non-hydrogen) atoms. The van der Waals surface area contributed by atoms with E-state index in [2.05, 4.69) is 26.1 Å². The zero-order chi connectivity index (χ0) is 18.4. The maximum Gasteiger partial charge on any atom is 0.266 e. The molecule has 3 rings (SSSR count). The van der Waals surface area contributed by atoms with Crippen molar-refractivity contribution in [3.8, 4) is 6.07 Å². The predicted octanol–water partition coefficient (Wildman–Crippen LogP) is 3.83. The molecule has 6 heteroatoms. The monoisotopic (exact) mass is 411 g/mol. The number of nitriles is 1. The summed E-state index contributed by atoms with van der Waals surface area (Å²) in [6.07, 6.45) is 1.59. The number of morpholine rings is 1. The number of para-hydroxylation sites is 1. The van der Waals surface area contributed by atoms with E-state index < -0.39 is 5.91 Å². The van der Waals surface area contributed by atoms with Crippen LogP contribution in [0.1, 0.15) is 5.56 Å². The SMILES string of the molecule is N#C/C(=C/c1ccc(N2CCOCC2)cc1)C(=O)Nc1ccccc1Br. The molecule has 0 unspecified atom stereocenters. The fourth-order valence-corrected chi connectivity index (χ4v) is 3.05. The largest absolute Gasteiger partial charge is 0.378 e. The van der Waals surface area contributed by atoms with Crippen LogP contribution in [-0.4, -0.2) is 32.2 Å². The second kappa shape index (κ2) is 8.65. The van der Waals surface area contributed by atoms with Crippen molar-refractivity contribution >= 4 is 39.3 Å². The number of halogens is 1. The van der Waals surface area contributed by atoms with Crippen LogP contribution in [0.4, 0.5) is 11.4 Å². The lowest BCUT2D eigenvalue weighted by Gasteiger charge is -2.28. The van der Waals surface area contributed by atoms with Crippen LogP contribution in [0, 0.1) is 11.3 Å². The Labute approximate surface area is 161 Å². The minimum Gasteiger partial charge on any atom is -0.378 e. The topological polar surface area (TPSA) is 65.4 Å². The Kier molecular flexibility index (Phi) is 6.05. The van der Waals surface area contributed by atoms with Gasteiger partial charge < -0.3 is 15.0 Å². The summed E-state index contributed by atoms with van der Waals surface area (Å²) in [5.74, 6) is -0.434. The molecule has 1 N–H and O–H groups in total. The normalized spacial score (nSPS) is 14.6. The lowest BCUT2D eigenvalue weighted by Crippen LogP contribution is -2.36. The number of carbonyl (C=O) groups excluding carboxylic acids is 1. The summed E-state index contributed by atoms with van der Waals surface area (Å²) in [5.41, 5.74) is 2.60. The number of rotatable bonds is 4. The minimum atomic E-state index is -0.434. The highest BCUT2D eigenvalue weighted by molar-refractivity contribution is 9.10. The molecule has 1 saturated heterocycles. The number of hydrogen-bond acceptors (Lipinski definition) is 4. The first kappa shape index (κ1) is 18.2. The van der Waals surface area contributed by atoms with E-state index in [1.807, 2.05) is 48.5 Å². The number of nitrogens with zero attached hydrogens (tertiary/aromatic N) is 2. The summed E-state index contributed by atoms with van der Waals surface area (Å²) >= 11 is 3.38. The van der Waals surface area contributed by atoms with E-state index in [1.165, 1.54) is 0 Å². The number of benzene rings is 2. The number of hydrogen-bond donors (Lipinski definition) is 1. The van der Waals surface area contributed by atoms with Crippen molar-refractivity contribution in [3.63, 3.8) is 0 Å². The number of anilines is 2. The van der Waals surface area contributed by atoms with Crippen LogP contribution in [0.25, 0.3) is 6.08 Å². The quantitative estimate of drug-likeness (QED) is 0.613. The minimum absolute atomic E-state index is 0.0554. The number of ether oxygens (including phenoxy) is 1. The first-order valence-corrected chi connectivity index (χ1v) is 9.07. The van der Waals surface area contributed by atoms with Crippen molar-refractivity contribution in [1.29, 1.82) is 5.26 Å². The van der Waals surface area contributed by atoms with Crippen molar-refractivity contribution in [1.82, 2.24) is 0 Å². The van der Waals surface area contributed by atoms with Crippen LogP contribution in [0.15, 0.2) is 58.6 Å². The van der Waals surface area contributed by atoms with E-state index >= 15 is 0 Å². The molecule has 1 fully saturated rings. The first-order valence-electron chi connectivity index (χ1n) is 8.28. The maximum absolute atomic E-state index is 12.4. The first-order chi connectivity index (χ1) is 12.7. The molecule has 132 valence electrons. The van der Waals surface area contributed by atoms with Gasteiger partial charge in [0, 0.05) is 23.2 Å². The van der Waals surface area contributed by atoms with Gasteiger partial charge in [0.15, 0.2) is 0 Å². The van der Waals surface area contributed by atoms with Gasteiger partial charge in [-0.2, -0.15) is 5.26 Å². The maximum atomic E-state index is 12.4. The molecule has 1 aliphatic rings. The predicted molar refractivity (Wildman–Crippen MR) is 106 cm³/mol. The highest BCUT2D eigenvalue weighted by Crippen LogP contribution is 2.22. The zero-order valence-corrected chi connectivity index (χ0v) is 15.7. The molecule has 1 aliphatic heterocycles. The fourth-order valence-electron chi connectivity index (χ4n) is 2.67. The molecule has 5 nitrogen and oxygen atoms in total. The van der Waals surface area contributed by atoms with Gasteiger partial charge >= 0.3 is 0 Å². The molecule has 0 spiro atoms. The smallest absolute Gasteiger partial charge is 0.266 e. The van der Waals surface area contributed by atoms with Gasteiger partial charge in [-0.1, -0.05) is 24.3 Å². The van der Waals surface area contributed by atoms with Gasteiger partial charge in [-0.05, 0) is 51.8 Å². The van der Waals surface area contributed by atoms with Gasteiger partial charge in [-0.15, -0.1) is 0 Å². The Hall–Kier alpha value is -2.62. The average molecular weight is 412 g/mol. The number of amides is 1. The Morgan fingerprint density at radius 1 is 1.15 bits per heavy atom. The van der Waals surface area contributed by atoms with Gasteiger partial charge in [-0.3, -0.25) is 4.79 Å². The highest BCUT2D eigenvalue weighted by Gasteiger charge is 2.12. The van der Waals surface area contributed by atoms with Crippen molar-refractivity contribution in [2.75, 3.05) is 36.5 Å². The molecular formula is C20H18BrN3O2. The molecule has 1 amide bonds. The van der Waals surface area contributed by atoms with Crippen LogP contribution in [-0.2, 0) is 9.53 Å². The van der Waals surface area contributed by atoms with E-state index in [9.17, 15) is 10.1 Å². The van der Waals surface area contributed by atoms with Crippen LogP contribution < -0.4 is 10.2 Å². The summed E-state index contributed by atoms with van der Waals surface area (Å²) in [5, 5.41) is 12.1. The van der Waals surface area contributed by atoms with Crippen LogP contribution >= 0.6 is 15.9 Å². The summed E-state index contributed by atoms with van der Waals surface area (Å²) in [6.45, 7) is 3.20. The Balaban J connectivity index is 1.73. The second-order valence-corrected chi connectivity index (χ2v) is 6.65. The van der Waals surface area contributed by atoms with E-state index in [4.69, 9.17) is 4.74 Å². The molecule has 0 aromatic heterocycles. The molecule has 2 aromatic rings. The lowest BCUT2D eigenvalue weighted by atomic mass is 10.1. The Bertz CT molecular complexity index is 850. The van der Waals surface area contributed by atoms with Gasteiger partial charge in [0.2, 0.25) is 0 Å². The molecule has 0 aliphatic carbocycles. The van der Waals surface area contributed by atoms with E-state index in [0.29, 0.717) is 5.69 Å². The molecule has 0 saturated carbocycles. The second-order valence-electron chi connectivity index (χ2n) is 5.79. The third kappa shape index (κ3) is 4.51. The standard InChI is InChI=1S/C20H18BrN3O2/c21-18-3-1-2-4-19(18)23-20(25)16(14-22)13-15-5-7-17(8-6-15)24-9-11-26-12-10-24/h1-8,13H,9-12H2,(H,23,25)/b16-13-. The highest BCUT2D eigenvalue weighted by atomic mass is 79.9. The van der Waals surface area contributed by atoms with Gasteiger partial charge in [0.05, 0.1) is 18.9 Å². The summed E-state index contributed by atoms with van der Waals surface area (Å²) < 4.78 is 6.13. The molecule has 0 radical (unpaired) electrons. The summed E-state index contributed by atoms with van der Waals surface area (Å²) in [7, 11) is 0. The average Bonchev–Trinajstić information content (AvgIpc) is 2.69. The van der Waals surface area contributed by atoms with Gasteiger partial charge in [-0.25, -0.2) is 0 Å². The third-order valence-electron chi connectivity index (χ3n) is 4.07. The van der Waals surface area contributed by atoms with E-state index in [1.54, 1.807) is 12.1 Å². The van der Waals surface area contributed by atoms with Crippen molar-refractivity contribution in [3.05, 3.63) is 64.1 Å². The molecule has 0 atom stereocenters. The van der Waals surface area contributed by atoms with Crippen LogP contribution in [0.3, 0.4) is 0 Å². The van der Waals surface area contributed by atoms with Crippen molar-refractivity contribution in [2.45, 2.75) is 0 Å². The Morgan fingerprint density at radius 3 is 2.50 bits per heavy atom. The third-order valence-corrected chi connectivity index (χ3v) is 4.76. The van der Waals surface area contributed by atoms with Crippen molar-refractivity contribution in [2.24, 2.45) is 0 Å². The van der Waals surface area contributed by atoms with Crippen LogP contribution in [0.2, 0.25) is 0 Å². The molecule has 1 heterocycles. The number of nitrogens with one attached hydrogen (secondary N) is 1. The molecule has 2 aromatic carbocycles. The Morgan fingerprint density at radius 2 is 1.85 bits per heavy atom. The summed E-state index contributed by atoms with van der Waals surface area (Å²) in [4.78, 5) is 14.6. The molecular weight excluding hydrogens is 394 g/mol. The summed E-state index contributed by atoms with van der Waals surface area (Å²) in [6, 6.07) is 17.1.